The van der Waals surface area contributed by atoms with E-state index in [1.54, 1.807) is 0 Å². The van der Waals surface area contributed by atoms with Gasteiger partial charge in [0.2, 0.25) is 0 Å². The lowest BCUT2D eigenvalue weighted by atomic mass is 9.79. The lowest BCUT2D eigenvalue weighted by Crippen LogP contribution is -2.44. The molecule has 0 spiro atoms. The van der Waals surface area contributed by atoms with Gasteiger partial charge < -0.3 is 14.4 Å². The van der Waals surface area contributed by atoms with Crippen molar-refractivity contribution in [3.8, 4) is 23.8 Å². The van der Waals surface area contributed by atoms with Gasteiger partial charge in [0.05, 0.1) is 11.0 Å². The summed E-state index contributed by atoms with van der Waals surface area (Å²) >= 11 is 0. The molecule has 322 valence electrons. The second-order valence-electron chi connectivity index (χ2n) is 17.2. The van der Waals surface area contributed by atoms with Gasteiger partial charge in [-0.3, -0.25) is 0 Å². The Bertz CT molecular complexity index is 2520. The summed E-state index contributed by atoms with van der Waals surface area (Å²) < 4.78 is 13.0. The third-order valence-corrected chi connectivity index (χ3v) is 12.4. The topological polar surface area (TPSA) is 21.7 Å². The molecule has 0 bridgehead atoms. The standard InChI is InChI=1S/C60H65NO2/c1-11-15-17-25-44(5)49-38-40-59(9,41-39-49)61(47(8)34-35-48(13-3)46(7)42-51(24-12-2)50-27-18-16-19-28-50)52-36-37-57-55(43-52)60(10,14-4)58(63-57)33-23-30-53-29-22-26-45(6)54-31-20-21-32-56(54)62-53/h4,13,15-23,25-29,31-40,42-43,51,58H,3,6,11-12,24,30,41H2,1-2,5,7-10H3/b17-15-,26-22-,33-23-,44-25+,46-42+,47-34+,48-35+,53-29-/t51-,58?,59?,60?/m1/s1. The van der Waals surface area contributed by atoms with Gasteiger partial charge in [0.25, 0.3) is 0 Å². The van der Waals surface area contributed by atoms with Crippen molar-refractivity contribution >= 4 is 11.3 Å². The van der Waals surface area contributed by atoms with E-state index in [4.69, 9.17) is 15.9 Å². The van der Waals surface area contributed by atoms with Crippen molar-refractivity contribution in [3.63, 3.8) is 0 Å². The Morgan fingerprint density at radius 1 is 0.952 bits per heavy atom. The van der Waals surface area contributed by atoms with E-state index in [9.17, 15) is 0 Å². The van der Waals surface area contributed by atoms with Gasteiger partial charge in [-0.05, 0) is 130 Å². The molecule has 3 nitrogen and oxygen atoms in total. The highest BCUT2D eigenvalue weighted by atomic mass is 16.5. The fourth-order valence-corrected chi connectivity index (χ4v) is 8.67. The molecule has 3 heteroatoms. The highest BCUT2D eigenvalue weighted by Gasteiger charge is 2.44. The van der Waals surface area contributed by atoms with Crippen LogP contribution in [0.4, 0.5) is 5.69 Å². The number of para-hydroxylation sites is 1. The molecule has 0 fully saturated rings. The second-order valence-corrected chi connectivity index (χ2v) is 17.2. The minimum Gasteiger partial charge on any atom is -0.484 e. The van der Waals surface area contributed by atoms with Crippen LogP contribution in [0.3, 0.4) is 0 Å². The van der Waals surface area contributed by atoms with Crippen molar-refractivity contribution in [2.24, 2.45) is 0 Å². The molecule has 0 saturated heterocycles. The first-order chi connectivity index (χ1) is 30.4. The normalized spacial score (nSPS) is 23.3. The molecule has 0 radical (unpaired) electrons. The predicted molar refractivity (Wildman–Crippen MR) is 270 cm³/mol. The molecule has 63 heavy (non-hydrogen) atoms. The molecule has 2 aliphatic heterocycles. The zero-order valence-corrected chi connectivity index (χ0v) is 38.5. The van der Waals surface area contributed by atoms with Crippen LogP contribution < -0.4 is 14.4 Å². The van der Waals surface area contributed by atoms with Crippen LogP contribution in [0.5, 0.6) is 11.5 Å². The first-order valence-electron chi connectivity index (χ1n) is 22.5. The number of anilines is 1. The number of benzene rings is 3. The number of rotatable bonds is 16. The first kappa shape index (κ1) is 46.0. The summed E-state index contributed by atoms with van der Waals surface area (Å²) in [5, 5.41) is 0. The molecule has 4 atom stereocenters. The fraction of sp³-hybridized carbons (Fsp3) is 0.267. The summed E-state index contributed by atoms with van der Waals surface area (Å²) in [5.74, 6) is 5.91. The predicted octanol–water partition coefficient (Wildman–Crippen LogP) is 15.7. The molecule has 0 amide bonds. The Morgan fingerprint density at radius 2 is 1.73 bits per heavy atom. The third-order valence-electron chi connectivity index (χ3n) is 12.4. The Kier molecular flexibility index (Phi) is 15.4. The molecule has 0 N–H and O–H groups in total. The van der Waals surface area contributed by atoms with Crippen LogP contribution in [0.15, 0.2) is 211 Å². The third kappa shape index (κ3) is 10.8. The first-order valence-corrected chi connectivity index (χ1v) is 22.5. The Balaban J connectivity index is 1.33. The maximum absolute atomic E-state index is 6.65. The number of nitrogens with zero attached hydrogens (tertiary/aromatic N) is 1. The van der Waals surface area contributed by atoms with E-state index in [1.807, 2.05) is 48.6 Å². The summed E-state index contributed by atoms with van der Waals surface area (Å²) in [6.45, 7) is 23.9. The lowest BCUT2D eigenvalue weighted by Gasteiger charge is -2.43. The van der Waals surface area contributed by atoms with Gasteiger partial charge in [0.15, 0.2) is 0 Å². The van der Waals surface area contributed by atoms with Crippen LogP contribution in [0.2, 0.25) is 0 Å². The molecule has 3 aromatic rings. The minimum absolute atomic E-state index is 0.337. The molecule has 3 unspecified atom stereocenters. The number of hydrogen-bond acceptors (Lipinski definition) is 3. The second kappa shape index (κ2) is 21.0. The Hall–Kier alpha value is -6.50. The maximum atomic E-state index is 6.65. The molecule has 0 saturated carbocycles. The average Bonchev–Trinajstić information content (AvgIpc) is 3.56. The van der Waals surface area contributed by atoms with Crippen molar-refractivity contribution < 1.29 is 9.47 Å². The monoisotopic (exact) mass is 832 g/mol. The van der Waals surface area contributed by atoms with Crippen LogP contribution in [-0.4, -0.2) is 11.6 Å². The largest absolute Gasteiger partial charge is 0.484 e. The Labute approximate surface area is 379 Å². The smallest absolute Gasteiger partial charge is 0.137 e. The summed E-state index contributed by atoms with van der Waals surface area (Å²) in [5.41, 5.74) is 10.1. The van der Waals surface area contributed by atoms with Gasteiger partial charge >= 0.3 is 0 Å². The fourth-order valence-electron chi connectivity index (χ4n) is 8.67. The van der Waals surface area contributed by atoms with Crippen LogP contribution in [0, 0.1) is 12.3 Å². The van der Waals surface area contributed by atoms with Crippen molar-refractivity contribution in [2.75, 3.05) is 4.90 Å². The van der Waals surface area contributed by atoms with Gasteiger partial charge in [-0.2, -0.15) is 0 Å². The van der Waals surface area contributed by atoms with Crippen LogP contribution in [0.1, 0.15) is 103 Å². The van der Waals surface area contributed by atoms with Gasteiger partial charge in [-0.15, -0.1) is 6.42 Å². The number of fused-ring (bicyclic) bond motifs is 2. The molecule has 0 aromatic heterocycles. The number of ether oxygens (including phenoxy) is 2. The van der Waals surface area contributed by atoms with E-state index in [-0.39, 0.29) is 11.6 Å². The molecule has 6 rings (SSSR count). The van der Waals surface area contributed by atoms with E-state index in [2.05, 4.69) is 188 Å². The van der Waals surface area contributed by atoms with Gasteiger partial charge in [-0.1, -0.05) is 161 Å². The van der Waals surface area contributed by atoms with Gasteiger partial charge in [0.1, 0.15) is 23.4 Å². The van der Waals surface area contributed by atoms with E-state index in [0.717, 1.165) is 76.6 Å². The molecule has 1 aliphatic carbocycles. The van der Waals surface area contributed by atoms with Gasteiger partial charge in [0, 0.05) is 34.9 Å². The highest BCUT2D eigenvalue weighted by Crippen LogP contribution is 2.47. The van der Waals surface area contributed by atoms with Crippen molar-refractivity contribution in [1.82, 2.24) is 0 Å². The summed E-state index contributed by atoms with van der Waals surface area (Å²) in [6.07, 6.45) is 43.2. The SMILES string of the molecule is C#CC1(C)c2cc(N(/C(C)=C/C=C(C=C)/C(C)=C/[C@@H](CCC)c3ccccc3)C3(C)C=CC(/C(C)=C/C=C\CC)=CC3)ccc2OC1/C=C\C/C1=C/C=C\C(=C)c2ccccc2O1. The van der Waals surface area contributed by atoms with Crippen molar-refractivity contribution in [2.45, 2.75) is 104 Å². The molecular weight excluding hydrogens is 767 g/mol. The van der Waals surface area contributed by atoms with E-state index in [0.29, 0.717) is 12.3 Å². The highest BCUT2D eigenvalue weighted by molar-refractivity contribution is 5.77. The number of allylic oxidation sites excluding steroid dienone is 18. The van der Waals surface area contributed by atoms with Gasteiger partial charge in [-0.25, -0.2) is 0 Å². The van der Waals surface area contributed by atoms with Crippen LogP contribution in [-0.2, 0) is 5.41 Å². The summed E-state index contributed by atoms with van der Waals surface area (Å²) in [4.78, 5) is 2.45. The Morgan fingerprint density at radius 3 is 2.44 bits per heavy atom. The molecule has 3 aromatic carbocycles. The average molecular weight is 832 g/mol. The summed E-state index contributed by atoms with van der Waals surface area (Å²) in [6, 6.07) is 25.3. The summed E-state index contributed by atoms with van der Waals surface area (Å²) in [7, 11) is 0. The van der Waals surface area contributed by atoms with Crippen molar-refractivity contribution in [3.05, 3.63) is 228 Å². The van der Waals surface area contributed by atoms with Crippen molar-refractivity contribution in [1.29, 1.82) is 0 Å². The minimum atomic E-state index is -0.707. The molecular formula is C60H65NO2. The van der Waals surface area contributed by atoms with E-state index < -0.39 is 5.41 Å². The van der Waals surface area contributed by atoms with E-state index in [1.165, 1.54) is 22.3 Å². The van der Waals surface area contributed by atoms with Crippen LogP contribution in [0.25, 0.3) is 5.57 Å². The van der Waals surface area contributed by atoms with Crippen LogP contribution >= 0.6 is 0 Å². The quantitative estimate of drug-likeness (QED) is 0.0815. The zero-order chi connectivity index (χ0) is 45.0. The number of hydrogen-bond donors (Lipinski definition) is 0. The van der Waals surface area contributed by atoms with E-state index >= 15 is 0 Å². The maximum Gasteiger partial charge on any atom is 0.137 e. The lowest BCUT2D eigenvalue weighted by molar-refractivity contribution is 0.234. The molecule has 3 aliphatic rings. The zero-order valence-electron chi connectivity index (χ0n) is 38.5. The number of terminal acetylenes is 1. The molecule has 2 heterocycles.